The number of primary sulfonamides is 1. The van der Waals surface area contributed by atoms with Crippen LogP contribution in [0.2, 0.25) is 0 Å². The lowest BCUT2D eigenvalue weighted by Crippen LogP contribution is -2.22. The number of hydrogen-bond donors (Lipinski definition) is 1. The van der Waals surface area contributed by atoms with Crippen LogP contribution in [0.3, 0.4) is 0 Å². The summed E-state index contributed by atoms with van der Waals surface area (Å²) < 4.78 is 33.0. The molecular formula is C19H26FN3O2S. The van der Waals surface area contributed by atoms with E-state index < -0.39 is 21.2 Å². The molecule has 142 valence electrons. The second kappa shape index (κ2) is 8.70. The molecule has 3 rings (SSSR count). The lowest BCUT2D eigenvalue weighted by molar-refractivity contribution is 0.411. The first-order valence-corrected chi connectivity index (χ1v) is 10.2. The molecule has 7 heteroatoms. The number of sulfonamides is 1. The van der Waals surface area contributed by atoms with Crippen molar-refractivity contribution < 1.29 is 12.8 Å². The number of aromatic nitrogens is 1. The Labute approximate surface area is 155 Å². The normalized spacial score (nSPS) is 17.8. The van der Waals surface area contributed by atoms with E-state index in [9.17, 15) is 12.8 Å². The molecule has 1 aromatic carbocycles. The molecule has 2 heterocycles. The summed E-state index contributed by atoms with van der Waals surface area (Å²) in [6.45, 7) is 5.39. The monoisotopic (exact) mass is 379 g/mol. The molecule has 1 saturated heterocycles. The van der Waals surface area contributed by atoms with Gasteiger partial charge >= 0.3 is 0 Å². The minimum atomic E-state index is -3.24. The quantitative estimate of drug-likeness (QED) is 0.832. The SMILES string of the molecule is CC(C)S(N)(=O)=O.CN1CCC(c2ccc(-c3ccc(F)nc3)cc2)C1. The summed E-state index contributed by atoms with van der Waals surface area (Å²) in [6.07, 6.45) is 2.81. The maximum absolute atomic E-state index is 12.8. The number of benzene rings is 1. The second-order valence-corrected chi connectivity index (χ2v) is 9.00. The highest BCUT2D eigenvalue weighted by molar-refractivity contribution is 7.89. The lowest BCUT2D eigenvalue weighted by Gasteiger charge is -2.11. The average molecular weight is 380 g/mol. The molecular weight excluding hydrogens is 353 g/mol. The number of nitrogens with zero attached hydrogens (tertiary/aromatic N) is 2. The van der Waals surface area contributed by atoms with Gasteiger partial charge in [-0.05, 0) is 63.0 Å². The van der Waals surface area contributed by atoms with Crippen LogP contribution in [0, 0.1) is 5.95 Å². The molecule has 0 bridgehead atoms. The lowest BCUT2D eigenvalue weighted by atomic mass is 9.96. The molecule has 2 N–H and O–H groups in total. The Morgan fingerprint density at radius 3 is 2.15 bits per heavy atom. The first-order valence-electron chi connectivity index (χ1n) is 8.59. The summed E-state index contributed by atoms with van der Waals surface area (Å²) in [5, 5.41) is 4.20. The molecule has 1 fully saturated rings. The largest absolute Gasteiger partial charge is 0.306 e. The summed E-state index contributed by atoms with van der Waals surface area (Å²) in [4.78, 5) is 6.06. The topological polar surface area (TPSA) is 76.3 Å². The molecule has 0 aliphatic carbocycles. The van der Waals surface area contributed by atoms with Crippen LogP contribution in [-0.4, -0.2) is 43.7 Å². The van der Waals surface area contributed by atoms with Crippen LogP contribution in [0.4, 0.5) is 4.39 Å². The zero-order valence-corrected chi connectivity index (χ0v) is 16.2. The molecule has 0 amide bonds. The van der Waals surface area contributed by atoms with Gasteiger partial charge < -0.3 is 4.90 Å². The number of likely N-dealkylation sites (N-methyl/N-ethyl adjacent to an activating group) is 1. The van der Waals surface area contributed by atoms with Crippen molar-refractivity contribution in [3.8, 4) is 11.1 Å². The van der Waals surface area contributed by atoms with Gasteiger partial charge in [-0.3, -0.25) is 0 Å². The standard InChI is InChI=1S/C16H17FN2.C3H9NO2S/c1-19-9-8-15(11-19)13-4-2-12(3-5-13)14-6-7-16(17)18-10-14;1-3(2)7(4,5)6/h2-7,10,15H,8-9,11H2,1H3;3H,1-2H3,(H2,4,5,6). The van der Waals surface area contributed by atoms with Crippen molar-refractivity contribution in [2.45, 2.75) is 31.4 Å². The van der Waals surface area contributed by atoms with E-state index in [4.69, 9.17) is 0 Å². The molecule has 26 heavy (non-hydrogen) atoms. The third-order valence-corrected chi connectivity index (χ3v) is 5.81. The summed E-state index contributed by atoms with van der Waals surface area (Å²) >= 11 is 0. The minimum absolute atomic E-state index is 0.436. The van der Waals surface area contributed by atoms with Crippen LogP contribution in [0.25, 0.3) is 11.1 Å². The van der Waals surface area contributed by atoms with Crippen molar-refractivity contribution in [3.05, 3.63) is 54.1 Å². The maximum Gasteiger partial charge on any atom is 0.212 e. The fourth-order valence-corrected chi connectivity index (χ4v) is 2.70. The Bertz CT molecular complexity index is 806. The van der Waals surface area contributed by atoms with E-state index >= 15 is 0 Å². The minimum Gasteiger partial charge on any atom is -0.306 e. The van der Waals surface area contributed by atoms with E-state index in [1.165, 1.54) is 38.4 Å². The first-order chi connectivity index (χ1) is 12.2. The predicted molar refractivity (Wildman–Crippen MR) is 103 cm³/mol. The summed E-state index contributed by atoms with van der Waals surface area (Å²) in [7, 11) is -1.08. The highest BCUT2D eigenvalue weighted by atomic mass is 32.2. The predicted octanol–water partition coefficient (Wildman–Crippen LogP) is 2.99. The van der Waals surface area contributed by atoms with Gasteiger partial charge in [-0.15, -0.1) is 0 Å². The molecule has 2 aromatic rings. The Morgan fingerprint density at radius 1 is 1.15 bits per heavy atom. The second-order valence-electron chi connectivity index (χ2n) is 6.88. The molecule has 1 atom stereocenters. The van der Waals surface area contributed by atoms with Crippen molar-refractivity contribution in [3.63, 3.8) is 0 Å². The fraction of sp³-hybridized carbons (Fsp3) is 0.421. The van der Waals surface area contributed by atoms with Crippen molar-refractivity contribution in [1.82, 2.24) is 9.88 Å². The van der Waals surface area contributed by atoms with Gasteiger partial charge in [-0.2, -0.15) is 4.39 Å². The van der Waals surface area contributed by atoms with Gasteiger partial charge in [-0.25, -0.2) is 18.5 Å². The van der Waals surface area contributed by atoms with E-state index in [1.807, 2.05) is 0 Å². The van der Waals surface area contributed by atoms with Crippen molar-refractivity contribution in [2.75, 3.05) is 20.1 Å². The van der Waals surface area contributed by atoms with Gasteiger partial charge in [-0.1, -0.05) is 24.3 Å². The number of halogens is 1. The molecule has 1 aromatic heterocycles. The number of hydrogen-bond acceptors (Lipinski definition) is 4. The molecule has 0 radical (unpaired) electrons. The Morgan fingerprint density at radius 2 is 1.73 bits per heavy atom. The molecule has 1 unspecified atom stereocenters. The zero-order valence-electron chi connectivity index (χ0n) is 15.4. The number of nitrogens with two attached hydrogens (primary N) is 1. The van der Waals surface area contributed by atoms with E-state index in [-0.39, 0.29) is 0 Å². The van der Waals surface area contributed by atoms with Crippen LogP contribution in [-0.2, 0) is 10.0 Å². The Hall–Kier alpha value is -1.83. The van der Waals surface area contributed by atoms with Gasteiger partial charge in [0, 0.05) is 18.3 Å². The van der Waals surface area contributed by atoms with E-state index in [0.29, 0.717) is 5.92 Å². The smallest absolute Gasteiger partial charge is 0.212 e. The van der Waals surface area contributed by atoms with Crippen LogP contribution in [0.5, 0.6) is 0 Å². The molecule has 0 spiro atoms. The zero-order chi connectivity index (χ0) is 19.3. The van der Waals surface area contributed by atoms with Gasteiger partial charge in [0.2, 0.25) is 16.0 Å². The molecule has 1 aliphatic rings. The first kappa shape index (κ1) is 20.5. The highest BCUT2D eigenvalue weighted by Crippen LogP contribution is 2.28. The summed E-state index contributed by atoms with van der Waals surface area (Å²) in [5.41, 5.74) is 3.43. The highest BCUT2D eigenvalue weighted by Gasteiger charge is 2.20. The van der Waals surface area contributed by atoms with Gasteiger partial charge in [0.1, 0.15) is 0 Å². The third-order valence-electron chi connectivity index (χ3n) is 4.49. The fourth-order valence-electron chi connectivity index (χ4n) is 2.70. The van der Waals surface area contributed by atoms with Gasteiger partial charge in [0.25, 0.3) is 0 Å². The van der Waals surface area contributed by atoms with Crippen molar-refractivity contribution in [2.24, 2.45) is 5.14 Å². The average Bonchev–Trinajstić information content (AvgIpc) is 3.02. The summed E-state index contributed by atoms with van der Waals surface area (Å²) in [6, 6.07) is 11.7. The maximum atomic E-state index is 12.8. The van der Waals surface area contributed by atoms with E-state index in [2.05, 4.69) is 46.3 Å². The van der Waals surface area contributed by atoms with E-state index in [1.54, 1.807) is 12.3 Å². The van der Waals surface area contributed by atoms with Crippen LogP contribution >= 0.6 is 0 Å². The summed E-state index contributed by atoms with van der Waals surface area (Å²) in [5.74, 6) is 0.208. The third kappa shape index (κ3) is 5.86. The Balaban J connectivity index is 0.000000298. The van der Waals surface area contributed by atoms with Gasteiger partial charge in [0.15, 0.2) is 0 Å². The number of pyridine rings is 1. The number of likely N-dealkylation sites (tertiary alicyclic amines) is 1. The van der Waals surface area contributed by atoms with E-state index in [0.717, 1.165) is 17.7 Å². The van der Waals surface area contributed by atoms with Crippen LogP contribution in [0.15, 0.2) is 42.6 Å². The molecule has 5 nitrogen and oxygen atoms in total. The van der Waals surface area contributed by atoms with Crippen LogP contribution < -0.4 is 5.14 Å². The number of rotatable bonds is 3. The molecule has 0 saturated carbocycles. The Kier molecular flexibility index (Phi) is 6.86. The molecule has 1 aliphatic heterocycles. The van der Waals surface area contributed by atoms with Crippen molar-refractivity contribution in [1.29, 1.82) is 0 Å². The van der Waals surface area contributed by atoms with Gasteiger partial charge in [0.05, 0.1) is 5.25 Å². The van der Waals surface area contributed by atoms with Crippen molar-refractivity contribution >= 4 is 10.0 Å². The van der Waals surface area contributed by atoms with Crippen LogP contribution in [0.1, 0.15) is 31.7 Å².